The van der Waals surface area contributed by atoms with Gasteiger partial charge >= 0.3 is 0 Å². The molecule has 2 aromatic carbocycles. The number of amides is 1. The van der Waals surface area contributed by atoms with E-state index < -0.39 is 11.6 Å². The SMILES string of the molecule is O=C(N[C@H]1CC[C@@H](Nc2cc(Cl)c3ccccc3n2)CC1)c1ccc(F)c(F)c1. The fourth-order valence-electron chi connectivity index (χ4n) is 3.70. The minimum absolute atomic E-state index is 0.00168. The Hall–Kier alpha value is -2.73. The molecule has 7 heteroatoms. The summed E-state index contributed by atoms with van der Waals surface area (Å²) in [5.74, 6) is -1.63. The number of anilines is 1. The molecule has 150 valence electrons. The van der Waals surface area contributed by atoms with Crippen LogP contribution in [0.2, 0.25) is 5.02 Å². The third-order valence-electron chi connectivity index (χ3n) is 5.26. The first-order chi connectivity index (χ1) is 14.0. The van der Waals surface area contributed by atoms with Gasteiger partial charge in [-0.1, -0.05) is 29.8 Å². The molecule has 1 fully saturated rings. The number of halogens is 3. The van der Waals surface area contributed by atoms with Crippen LogP contribution in [0, 0.1) is 11.6 Å². The first kappa shape index (κ1) is 19.6. The van der Waals surface area contributed by atoms with Crippen molar-refractivity contribution >= 4 is 34.2 Å². The van der Waals surface area contributed by atoms with Crippen LogP contribution in [-0.2, 0) is 0 Å². The lowest BCUT2D eigenvalue weighted by Crippen LogP contribution is -2.40. The molecule has 4 rings (SSSR count). The molecule has 2 N–H and O–H groups in total. The Kier molecular flexibility index (Phi) is 5.62. The van der Waals surface area contributed by atoms with Crippen molar-refractivity contribution in [1.82, 2.24) is 10.3 Å². The number of rotatable bonds is 4. The first-order valence-electron chi connectivity index (χ1n) is 9.57. The standard InChI is InChI=1S/C22H20ClF2N3O/c23-17-12-21(28-20-4-2-1-3-16(17)20)26-14-6-8-15(9-7-14)27-22(29)13-5-10-18(24)19(25)11-13/h1-5,10-12,14-15H,6-9H2,(H,26,28)(H,27,29)/t14-,15+. The molecule has 1 heterocycles. The van der Waals surface area contributed by atoms with Crippen LogP contribution in [0.5, 0.6) is 0 Å². The number of aromatic nitrogens is 1. The quantitative estimate of drug-likeness (QED) is 0.606. The highest BCUT2D eigenvalue weighted by Crippen LogP contribution is 2.27. The zero-order valence-electron chi connectivity index (χ0n) is 15.6. The number of benzene rings is 2. The van der Waals surface area contributed by atoms with Crippen molar-refractivity contribution in [3.05, 3.63) is 70.8 Å². The Labute approximate surface area is 172 Å². The van der Waals surface area contributed by atoms with E-state index in [1.807, 2.05) is 30.3 Å². The maximum absolute atomic E-state index is 13.3. The van der Waals surface area contributed by atoms with E-state index in [4.69, 9.17) is 11.6 Å². The van der Waals surface area contributed by atoms with E-state index in [0.717, 1.165) is 54.5 Å². The monoisotopic (exact) mass is 415 g/mol. The average Bonchev–Trinajstić information content (AvgIpc) is 2.71. The van der Waals surface area contributed by atoms with E-state index in [-0.39, 0.29) is 23.6 Å². The van der Waals surface area contributed by atoms with Gasteiger partial charge in [-0.15, -0.1) is 0 Å². The molecule has 1 saturated carbocycles. The second-order valence-corrected chi connectivity index (χ2v) is 7.71. The molecule has 0 bridgehead atoms. The molecule has 0 saturated heterocycles. The third kappa shape index (κ3) is 4.48. The number of carbonyl (C=O) groups is 1. The van der Waals surface area contributed by atoms with E-state index in [9.17, 15) is 13.6 Å². The van der Waals surface area contributed by atoms with E-state index in [2.05, 4.69) is 15.6 Å². The van der Waals surface area contributed by atoms with Crippen molar-refractivity contribution in [2.75, 3.05) is 5.32 Å². The first-order valence-corrected chi connectivity index (χ1v) is 9.95. The summed E-state index contributed by atoms with van der Waals surface area (Å²) in [6, 6.07) is 13.0. The summed E-state index contributed by atoms with van der Waals surface area (Å²) in [5.41, 5.74) is 0.967. The molecule has 0 atom stereocenters. The largest absolute Gasteiger partial charge is 0.367 e. The molecule has 1 amide bonds. The Morgan fingerprint density at radius 2 is 1.69 bits per heavy atom. The Bertz CT molecular complexity index is 1050. The lowest BCUT2D eigenvalue weighted by atomic mass is 9.91. The summed E-state index contributed by atoms with van der Waals surface area (Å²) in [5, 5.41) is 7.92. The topological polar surface area (TPSA) is 54.0 Å². The lowest BCUT2D eigenvalue weighted by molar-refractivity contribution is 0.0926. The van der Waals surface area contributed by atoms with Gasteiger partial charge in [-0.05, 0) is 56.0 Å². The molecular formula is C22H20ClF2N3O. The van der Waals surface area contributed by atoms with Crippen molar-refractivity contribution in [1.29, 1.82) is 0 Å². The highest BCUT2D eigenvalue weighted by atomic mass is 35.5. The summed E-state index contributed by atoms with van der Waals surface area (Å²) >= 11 is 6.36. The van der Waals surface area contributed by atoms with E-state index in [1.54, 1.807) is 0 Å². The van der Waals surface area contributed by atoms with Gasteiger partial charge in [-0.2, -0.15) is 0 Å². The van der Waals surface area contributed by atoms with Gasteiger partial charge in [0, 0.05) is 23.0 Å². The van der Waals surface area contributed by atoms with Crippen molar-refractivity contribution in [2.45, 2.75) is 37.8 Å². The Balaban J connectivity index is 1.33. The number of nitrogens with one attached hydrogen (secondary N) is 2. The highest BCUT2D eigenvalue weighted by Gasteiger charge is 2.23. The smallest absolute Gasteiger partial charge is 0.251 e. The Morgan fingerprint density at radius 1 is 0.966 bits per heavy atom. The van der Waals surface area contributed by atoms with Gasteiger partial charge in [0.25, 0.3) is 5.91 Å². The maximum atomic E-state index is 13.3. The number of fused-ring (bicyclic) bond motifs is 1. The van der Waals surface area contributed by atoms with E-state index in [1.165, 1.54) is 6.07 Å². The highest BCUT2D eigenvalue weighted by molar-refractivity contribution is 6.35. The predicted molar refractivity (Wildman–Crippen MR) is 110 cm³/mol. The second kappa shape index (κ2) is 8.33. The van der Waals surface area contributed by atoms with E-state index in [0.29, 0.717) is 5.02 Å². The number of hydrogen-bond donors (Lipinski definition) is 2. The predicted octanol–water partition coefficient (Wildman–Crippen LogP) is 5.32. The van der Waals surface area contributed by atoms with Crippen LogP contribution in [0.4, 0.5) is 14.6 Å². The molecule has 1 aliphatic carbocycles. The summed E-state index contributed by atoms with van der Waals surface area (Å²) in [4.78, 5) is 16.9. The summed E-state index contributed by atoms with van der Waals surface area (Å²) in [6.45, 7) is 0. The van der Waals surface area contributed by atoms with Crippen molar-refractivity contribution in [3.8, 4) is 0 Å². The number of nitrogens with zero attached hydrogens (tertiary/aromatic N) is 1. The summed E-state index contributed by atoms with van der Waals surface area (Å²) in [6.07, 6.45) is 3.28. The van der Waals surface area contributed by atoms with Gasteiger partial charge in [0.2, 0.25) is 0 Å². The van der Waals surface area contributed by atoms with Gasteiger partial charge in [-0.3, -0.25) is 4.79 Å². The van der Waals surface area contributed by atoms with Gasteiger partial charge < -0.3 is 10.6 Å². The molecule has 4 nitrogen and oxygen atoms in total. The zero-order valence-corrected chi connectivity index (χ0v) is 16.3. The minimum Gasteiger partial charge on any atom is -0.367 e. The van der Waals surface area contributed by atoms with Crippen LogP contribution >= 0.6 is 11.6 Å². The third-order valence-corrected chi connectivity index (χ3v) is 5.57. The molecule has 1 aliphatic rings. The minimum atomic E-state index is -1.02. The molecule has 0 spiro atoms. The van der Waals surface area contributed by atoms with Crippen LogP contribution in [0.1, 0.15) is 36.0 Å². The molecule has 0 radical (unpaired) electrons. The zero-order chi connectivity index (χ0) is 20.4. The second-order valence-electron chi connectivity index (χ2n) is 7.30. The number of hydrogen-bond acceptors (Lipinski definition) is 3. The van der Waals surface area contributed by atoms with Crippen molar-refractivity contribution in [2.24, 2.45) is 0 Å². The van der Waals surface area contributed by atoms with Crippen LogP contribution in [-0.4, -0.2) is 23.0 Å². The van der Waals surface area contributed by atoms with Gasteiger partial charge in [0.1, 0.15) is 5.82 Å². The van der Waals surface area contributed by atoms with Crippen LogP contribution < -0.4 is 10.6 Å². The summed E-state index contributed by atoms with van der Waals surface area (Å²) in [7, 11) is 0. The number of carbonyl (C=O) groups excluding carboxylic acids is 1. The van der Waals surface area contributed by atoms with Gasteiger partial charge in [-0.25, -0.2) is 13.8 Å². The van der Waals surface area contributed by atoms with Crippen molar-refractivity contribution in [3.63, 3.8) is 0 Å². The molecule has 1 aromatic heterocycles. The molecule has 0 aliphatic heterocycles. The molecule has 29 heavy (non-hydrogen) atoms. The summed E-state index contributed by atoms with van der Waals surface area (Å²) < 4.78 is 26.4. The maximum Gasteiger partial charge on any atom is 0.251 e. The lowest BCUT2D eigenvalue weighted by Gasteiger charge is -2.30. The molecular weight excluding hydrogens is 396 g/mol. The van der Waals surface area contributed by atoms with Crippen LogP contribution in [0.15, 0.2) is 48.5 Å². The fourth-order valence-corrected chi connectivity index (χ4v) is 3.97. The Morgan fingerprint density at radius 3 is 2.45 bits per heavy atom. The van der Waals surface area contributed by atoms with Crippen LogP contribution in [0.3, 0.4) is 0 Å². The normalized spacial score (nSPS) is 19.1. The van der Waals surface area contributed by atoms with Gasteiger partial charge in [0.15, 0.2) is 11.6 Å². The van der Waals surface area contributed by atoms with Crippen LogP contribution in [0.25, 0.3) is 10.9 Å². The van der Waals surface area contributed by atoms with Gasteiger partial charge in [0.05, 0.1) is 10.5 Å². The van der Waals surface area contributed by atoms with E-state index >= 15 is 0 Å². The molecule has 3 aromatic rings. The van der Waals surface area contributed by atoms with Crippen molar-refractivity contribution < 1.29 is 13.6 Å². The molecule has 0 unspecified atom stereocenters. The number of para-hydroxylation sites is 1. The average molecular weight is 416 g/mol. The fraction of sp³-hybridized carbons (Fsp3) is 0.273. The number of pyridine rings is 1.